The average Bonchev–Trinajstić information content (AvgIpc) is 2.58. The van der Waals surface area contributed by atoms with E-state index in [1.165, 1.54) is 18.6 Å². The summed E-state index contributed by atoms with van der Waals surface area (Å²) in [4.78, 5) is 14.9. The molecule has 0 N–H and O–H groups in total. The molecule has 0 spiro atoms. The molecule has 1 fully saturated rings. The Morgan fingerprint density at radius 3 is 2.29 bits per heavy atom. The first kappa shape index (κ1) is 17.2. The molecule has 0 unspecified atom stereocenters. The zero-order valence-corrected chi connectivity index (χ0v) is 14.7. The van der Waals surface area contributed by atoms with Crippen LogP contribution >= 0.6 is 23.2 Å². The lowest BCUT2D eigenvalue weighted by Gasteiger charge is -2.34. The summed E-state index contributed by atoms with van der Waals surface area (Å²) in [7, 11) is 0. The highest BCUT2D eigenvalue weighted by molar-refractivity contribution is 6.37. The molecular formula is C19H18Cl2FNO. The molecule has 3 rings (SSSR count). The van der Waals surface area contributed by atoms with Crippen LogP contribution in [0.4, 0.5) is 10.1 Å². The SMILES string of the molecule is O=C(c1ccc(Cl)cc1Cl)N(c1ccc(F)cc1)C1CCCCC1. The van der Waals surface area contributed by atoms with Crippen molar-refractivity contribution in [2.45, 2.75) is 38.1 Å². The fourth-order valence-corrected chi connectivity index (χ4v) is 3.72. The molecule has 0 bridgehead atoms. The van der Waals surface area contributed by atoms with E-state index >= 15 is 0 Å². The van der Waals surface area contributed by atoms with Gasteiger partial charge in [-0.25, -0.2) is 4.39 Å². The van der Waals surface area contributed by atoms with E-state index in [2.05, 4.69) is 0 Å². The smallest absolute Gasteiger partial charge is 0.260 e. The molecule has 2 aromatic carbocycles. The Morgan fingerprint density at radius 1 is 1.00 bits per heavy atom. The topological polar surface area (TPSA) is 20.3 Å². The van der Waals surface area contributed by atoms with Crippen LogP contribution in [0.5, 0.6) is 0 Å². The third-order valence-electron chi connectivity index (χ3n) is 4.42. The summed E-state index contributed by atoms with van der Waals surface area (Å²) in [5, 5.41) is 0.818. The number of anilines is 1. The minimum Gasteiger partial charge on any atom is -0.305 e. The van der Waals surface area contributed by atoms with Gasteiger partial charge in [0.2, 0.25) is 0 Å². The molecule has 1 saturated carbocycles. The lowest BCUT2D eigenvalue weighted by Crippen LogP contribution is -2.41. The van der Waals surface area contributed by atoms with Gasteiger partial charge in [0.1, 0.15) is 5.82 Å². The zero-order valence-electron chi connectivity index (χ0n) is 13.1. The Balaban J connectivity index is 1.99. The van der Waals surface area contributed by atoms with Crippen molar-refractivity contribution in [3.05, 3.63) is 63.9 Å². The summed E-state index contributed by atoms with van der Waals surface area (Å²) in [6.07, 6.45) is 5.24. The first-order valence-electron chi connectivity index (χ1n) is 8.10. The Hall–Kier alpha value is -1.58. The van der Waals surface area contributed by atoms with E-state index < -0.39 is 0 Å². The first-order valence-corrected chi connectivity index (χ1v) is 8.86. The van der Waals surface area contributed by atoms with E-state index in [-0.39, 0.29) is 17.8 Å². The standard InChI is InChI=1S/C19H18Cl2FNO/c20-13-6-11-17(18(21)12-13)19(24)23(15-4-2-1-3-5-15)16-9-7-14(22)8-10-16/h6-12,15H,1-5H2. The monoisotopic (exact) mass is 365 g/mol. The average molecular weight is 366 g/mol. The van der Waals surface area contributed by atoms with Crippen molar-refractivity contribution in [1.82, 2.24) is 0 Å². The van der Waals surface area contributed by atoms with Crippen molar-refractivity contribution in [1.29, 1.82) is 0 Å². The number of carbonyl (C=O) groups is 1. The fourth-order valence-electron chi connectivity index (χ4n) is 3.23. The molecule has 0 heterocycles. The number of benzene rings is 2. The third kappa shape index (κ3) is 3.73. The summed E-state index contributed by atoms with van der Waals surface area (Å²) in [6, 6.07) is 11.0. The molecule has 1 aliphatic rings. The summed E-state index contributed by atoms with van der Waals surface area (Å²) < 4.78 is 13.3. The van der Waals surface area contributed by atoms with Gasteiger partial charge < -0.3 is 4.90 Å². The molecule has 0 aliphatic heterocycles. The van der Waals surface area contributed by atoms with E-state index in [0.717, 1.165) is 25.7 Å². The molecule has 0 radical (unpaired) electrons. The van der Waals surface area contributed by atoms with Crippen LogP contribution in [0.15, 0.2) is 42.5 Å². The maximum Gasteiger partial charge on any atom is 0.260 e. The molecule has 1 amide bonds. The van der Waals surface area contributed by atoms with Crippen LogP contribution in [0, 0.1) is 5.82 Å². The molecule has 24 heavy (non-hydrogen) atoms. The van der Waals surface area contributed by atoms with Crippen LogP contribution in [0.25, 0.3) is 0 Å². The number of nitrogens with zero attached hydrogens (tertiary/aromatic N) is 1. The van der Waals surface area contributed by atoms with Gasteiger partial charge in [0.25, 0.3) is 5.91 Å². The highest BCUT2D eigenvalue weighted by Crippen LogP contribution is 2.31. The number of amides is 1. The number of hydrogen-bond donors (Lipinski definition) is 0. The van der Waals surface area contributed by atoms with Crippen LogP contribution in [-0.2, 0) is 0 Å². The van der Waals surface area contributed by atoms with Crippen LogP contribution < -0.4 is 4.90 Å². The summed E-state index contributed by atoms with van der Waals surface area (Å²) in [5.41, 5.74) is 1.11. The highest BCUT2D eigenvalue weighted by atomic mass is 35.5. The Morgan fingerprint density at radius 2 is 1.67 bits per heavy atom. The lowest BCUT2D eigenvalue weighted by molar-refractivity contribution is 0.0970. The van der Waals surface area contributed by atoms with Gasteiger partial charge >= 0.3 is 0 Å². The Bertz CT molecular complexity index is 727. The van der Waals surface area contributed by atoms with Crippen LogP contribution in [0.3, 0.4) is 0 Å². The largest absolute Gasteiger partial charge is 0.305 e. The van der Waals surface area contributed by atoms with E-state index in [1.54, 1.807) is 35.2 Å². The molecule has 0 saturated heterocycles. The molecule has 126 valence electrons. The van der Waals surface area contributed by atoms with E-state index in [9.17, 15) is 9.18 Å². The van der Waals surface area contributed by atoms with E-state index in [4.69, 9.17) is 23.2 Å². The van der Waals surface area contributed by atoms with Crippen molar-refractivity contribution < 1.29 is 9.18 Å². The number of carbonyl (C=O) groups excluding carboxylic acids is 1. The number of hydrogen-bond acceptors (Lipinski definition) is 1. The molecule has 0 aromatic heterocycles. The molecule has 2 nitrogen and oxygen atoms in total. The van der Waals surface area contributed by atoms with Gasteiger partial charge in [-0.2, -0.15) is 0 Å². The second-order valence-electron chi connectivity index (χ2n) is 6.07. The van der Waals surface area contributed by atoms with Gasteiger partial charge in [-0.05, 0) is 55.3 Å². The molecule has 1 aliphatic carbocycles. The predicted molar refractivity (Wildman–Crippen MR) is 96.5 cm³/mol. The molecule has 5 heteroatoms. The van der Waals surface area contributed by atoms with E-state index in [0.29, 0.717) is 21.3 Å². The maximum absolute atomic E-state index is 13.3. The van der Waals surface area contributed by atoms with Gasteiger partial charge in [-0.15, -0.1) is 0 Å². The Labute approximate surface area is 151 Å². The highest BCUT2D eigenvalue weighted by Gasteiger charge is 2.28. The molecular weight excluding hydrogens is 348 g/mol. The second-order valence-corrected chi connectivity index (χ2v) is 6.91. The molecule has 0 atom stereocenters. The Kier molecular flexibility index (Phi) is 5.42. The summed E-state index contributed by atoms with van der Waals surface area (Å²) >= 11 is 12.2. The van der Waals surface area contributed by atoms with Gasteiger partial charge in [0.05, 0.1) is 10.6 Å². The number of halogens is 3. The van der Waals surface area contributed by atoms with Crippen LogP contribution in [0.2, 0.25) is 10.0 Å². The van der Waals surface area contributed by atoms with Gasteiger partial charge in [-0.3, -0.25) is 4.79 Å². The fraction of sp³-hybridized carbons (Fsp3) is 0.316. The second kappa shape index (κ2) is 7.54. The van der Waals surface area contributed by atoms with Gasteiger partial charge in [-0.1, -0.05) is 42.5 Å². The van der Waals surface area contributed by atoms with E-state index in [1.807, 2.05) is 0 Å². The van der Waals surface area contributed by atoms with Crippen molar-refractivity contribution in [3.8, 4) is 0 Å². The number of rotatable bonds is 3. The van der Waals surface area contributed by atoms with Gasteiger partial charge in [0.15, 0.2) is 0 Å². The quantitative estimate of drug-likeness (QED) is 0.642. The van der Waals surface area contributed by atoms with Crippen molar-refractivity contribution in [2.24, 2.45) is 0 Å². The van der Waals surface area contributed by atoms with Crippen LogP contribution in [0.1, 0.15) is 42.5 Å². The van der Waals surface area contributed by atoms with Gasteiger partial charge in [0, 0.05) is 16.8 Å². The van der Waals surface area contributed by atoms with Crippen molar-refractivity contribution in [3.63, 3.8) is 0 Å². The van der Waals surface area contributed by atoms with Crippen molar-refractivity contribution >= 4 is 34.8 Å². The minimum atomic E-state index is -0.320. The predicted octanol–water partition coefficient (Wildman–Crippen LogP) is 6.11. The lowest BCUT2D eigenvalue weighted by atomic mass is 9.93. The first-order chi connectivity index (χ1) is 11.6. The molecule has 2 aromatic rings. The minimum absolute atomic E-state index is 0.100. The zero-order chi connectivity index (χ0) is 17.1. The van der Waals surface area contributed by atoms with Crippen molar-refractivity contribution in [2.75, 3.05) is 4.90 Å². The normalized spacial score (nSPS) is 15.3. The van der Waals surface area contributed by atoms with Crippen LogP contribution in [-0.4, -0.2) is 11.9 Å². The summed E-state index contributed by atoms with van der Waals surface area (Å²) in [6.45, 7) is 0. The summed E-state index contributed by atoms with van der Waals surface area (Å²) in [5.74, 6) is -0.491. The maximum atomic E-state index is 13.3. The third-order valence-corrected chi connectivity index (χ3v) is 4.97.